The lowest BCUT2D eigenvalue weighted by atomic mass is 10.2. The third kappa shape index (κ3) is 3.97. The lowest BCUT2D eigenvalue weighted by molar-refractivity contribution is 0.102. The van der Waals surface area contributed by atoms with Gasteiger partial charge in [-0.1, -0.05) is 42.1 Å². The lowest BCUT2D eigenvalue weighted by Crippen LogP contribution is -2.26. The minimum absolute atomic E-state index is 0.314. The smallest absolute Gasteiger partial charge is 0.258 e. The summed E-state index contributed by atoms with van der Waals surface area (Å²) in [5, 5.41) is 3.43. The first-order valence-corrected chi connectivity index (χ1v) is 8.73. The minimum Gasteiger partial charge on any atom is -0.341 e. The Morgan fingerprint density at radius 1 is 1.04 bits per heavy atom. The number of nitrogens with zero attached hydrogens (tertiary/aromatic N) is 3. The Balaban J connectivity index is 1.70. The standard InChI is InChI=1S/C17H18Cl2N4O/c18-13-6-5-7-14(15(13)19)22-16(24)12-10-20-17(21-11-12)23-8-3-1-2-4-9-23/h5-7,10-11H,1-4,8-9H2,(H,22,24). The highest BCUT2D eigenvalue weighted by Gasteiger charge is 2.15. The van der Waals surface area contributed by atoms with Crippen molar-refractivity contribution in [3.63, 3.8) is 0 Å². The highest BCUT2D eigenvalue weighted by molar-refractivity contribution is 6.44. The van der Waals surface area contributed by atoms with Crippen LogP contribution in [0, 0.1) is 0 Å². The van der Waals surface area contributed by atoms with Gasteiger partial charge in [0.1, 0.15) is 0 Å². The molecule has 5 nitrogen and oxygen atoms in total. The van der Waals surface area contributed by atoms with E-state index in [0.717, 1.165) is 25.9 Å². The normalized spacial score (nSPS) is 15.0. The highest BCUT2D eigenvalue weighted by Crippen LogP contribution is 2.29. The summed E-state index contributed by atoms with van der Waals surface area (Å²) in [6.45, 7) is 1.92. The van der Waals surface area contributed by atoms with E-state index in [1.165, 1.54) is 12.8 Å². The van der Waals surface area contributed by atoms with Gasteiger partial charge in [0.15, 0.2) is 0 Å². The summed E-state index contributed by atoms with van der Waals surface area (Å²) >= 11 is 12.0. The first kappa shape index (κ1) is 17.0. The number of carbonyl (C=O) groups is 1. The number of amides is 1. The topological polar surface area (TPSA) is 58.1 Å². The second kappa shape index (κ2) is 7.81. The van der Waals surface area contributed by atoms with E-state index in [-0.39, 0.29) is 5.91 Å². The quantitative estimate of drug-likeness (QED) is 0.875. The van der Waals surface area contributed by atoms with E-state index in [9.17, 15) is 4.79 Å². The van der Waals surface area contributed by atoms with Crippen LogP contribution in [0.15, 0.2) is 30.6 Å². The predicted molar refractivity (Wildman–Crippen MR) is 97.1 cm³/mol. The van der Waals surface area contributed by atoms with Crippen LogP contribution >= 0.6 is 23.2 Å². The average Bonchev–Trinajstić information content (AvgIpc) is 2.88. The zero-order valence-corrected chi connectivity index (χ0v) is 14.6. The van der Waals surface area contributed by atoms with E-state index in [1.54, 1.807) is 30.6 Å². The first-order valence-electron chi connectivity index (χ1n) is 7.97. The fourth-order valence-corrected chi connectivity index (χ4v) is 3.02. The van der Waals surface area contributed by atoms with Crippen LogP contribution in [-0.4, -0.2) is 29.0 Å². The highest BCUT2D eigenvalue weighted by atomic mass is 35.5. The van der Waals surface area contributed by atoms with Gasteiger partial charge in [0.05, 0.1) is 21.3 Å². The van der Waals surface area contributed by atoms with E-state index in [2.05, 4.69) is 20.2 Å². The average molecular weight is 365 g/mol. The van der Waals surface area contributed by atoms with Gasteiger partial charge in [0.2, 0.25) is 5.95 Å². The van der Waals surface area contributed by atoms with Crippen molar-refractivity contribution in [1.29, 1.82) is 0 Å². The molecule has 1 saturated heterocycles. The summed E-state index contributed by atoms with van der Waals surface area (Å²) in [4.78, 5) is 23.2. The molecule has 0 unspecified atom stereocenters. The third-order valence-electron chi connectivity index (χ3n) is 3.99. The van der Waals surface area contributed by atoms with Crippen LogP contribution in [0.5, 0.6) is 0 Å². The zero-order chi connectivity index (χ0) is 16.9. The number of carbonyl (C=O) groups excluding carboxylic acids is 1. The monoisotopic (exact) mass is 364 g/mol. The first-order chi connectivity index (χ1) is 11.6. The van der Waals surface area contributed by atoms with Crippen molar-refractivity contribution in [3.8, 4) is 0 Å². The van der Waals surface area contributed by atoms with E-state index in [1.807, 2.05) is 0 Å². The molecule has 2 aromatic rings. The summed E-state index contributed by atoms with van der Waals surface area (Å²) in [5.74, 6) is 0.357. The largest absolute Gasteiger partial charge is 0.341 e. The van der Waals surface area contributed by atoms with E-state index >= 15 is 0 Å². The molecule has 1 aromatic carbocycles. The molecule has 1 fully saturated rings. The van der Waals surface area contributed by atoms with Gasteiger partial charge in [0.25, 0.3) is 5.91 Å². The van der Waals surface area contributed by atoms with Crippen LogP contribution < -0.4 is 10.2 Å². The maximum absolute atomic E-state index is 12.3. The molecule has 3 rings (SSSR count). The van der Waals surface area contributed by atoms with Gasteiger partial charge in [-0.05, 0) is 25.0 Å². The van der Waals surface area contributed by atoms with Crippen molar-refractivity contribution >= 4 is 40.7 Å². The van der Waals surface area contributed by atoms with Gasteiger partial charge in [-0.25, -0.2) is 9.97 Å². The Morgan fingerprint density at radius 3 is 2.38 bits per heavy atom. The van der Waals surface area contributed by atoms with Gasteiger partial charge in [-0.15, -0.1) is 0 Å². The fourth-order valence-electron chi connectivity index (χ4n) is 2.67. The zero-order valence-electron chi connectivity index (χ0n) is 13.1. The van der Waals surface area contributed by atoms with Crippen LogP contribution in [-0.2, 0) is 0 Å². The maximum Gasteiger partial charge on any atom is 0.258 e. The fraction of sp³-hybridized carbons (Fsp3) is 0.353. The van der Waals surface area contributed by atoms with Crippen molar-refractivity contribution < 1.29 is 4.79 Å². The second-order valence-electron chi connectivity index (χ2n) is 5.73. The van der Waals surface area contributed by atoms with E-state index in [0.29, 0.717) is 27.2 Å². The molecule has 0 atom stereocenters. The van der Waals surface area contributed by atoms with Crippen LogP contribution in [0.2, 0.25) is 10.0 Å². The van der Waals surface area contributed by atoms with E-state index in [4.69, 9.17) is 23.2 Å². The molecule has 1 aliphatic heterocycles. The Morgan fingerprint density at radius 2 is 1.71 bits per heavy atom. The molecule has 1 aromatic heterocycles. The molecule has 2 heterocycles. The van der Waals surface area contributed by atoms with Crippen molar-refractivity contribution in [2.24, 2.45) is 0 Å². The summed E-state index contributed by atoms with van der Waals surface area (Å²) in [7, 11) is 0. The molecule has 0 radical (unpaired) electrons. The number of hydrogen-bond acceptors (Lipinski definition) is 4. The Kier molecular flexibility index (Phi) is 5.53. The molecule has 1 aliphatic rings. The van der Waals surface area contributed by atoms with Crippen LogP contribution in [0.4, 0.5) is 11.6 Å². The number of anilines is 2. The van der Waals surface area contributed by atoms with Gasteiger partial charge in [0, 0.05) is 25.5 Å². The molecule has 1 amide bonds. The molecular formula is C17H18Cl2N4O. The Hall–Kier alpha value is -1.85. The summed E-state index contributed by atoms with van der Waals surface area (Å²) in [6, 6.07) is 5.08. The van der Waals surface area contributed by atoms with Gasteiger partial charge in [-0.3, -0.25) is 4.79 Å². The van der Waals surface area contributed by atoms with Crippen molar-refractivity contribution in [1.82, 2.24) is 9.97 Å². The van der Waals surface area contributed by atoms with Crippen LogP contribution in [0.1, 0.15) is 36.0 Å². The van der Waals surface area contributed by atoms with Crippen molar-refractivity contribution in [3.05, 3.63) is 46.2 Å². The summed E-state index contributed by atoms with van der Waals surface area (Å²) in [5.41, 5.74) is 0.843. The molecule has 0 spiro atoms. The van der Waals surface area contributed by atoms with Gasteiger partial charge >= 0.3 is 0 Å². The summed E-state index contributed by atoms with van der Waals surface area (Å²) < 4.78 is 0. The number of nitrogens with one attached hydrogen (secondary N) is 1. The SMILES string of the molecule is O=C(Nc1cccc(Cl)c1Cl)c1cnc(N2CCCCCC2)nc1. The van der Waals surface area contributed by atoms with Crippen LogP contribution in [0.25, 0.3) is 0 Å². The number of halogens is 2. The van der Waals surface area contributed by atoms with Gasteiger partial charge in [-0.2, -0.15) is 0 Å². The van der Waals surface area contributed by atoms with E-state index < -0.39 is 0 Å². The third-order valence-corrected chi connectivity index (χ3v) is 4.81. The molecule has 0 saturated carbocycles. The predicted octanol–water partition coefficient (Wildman–Crippen LogP) is 4.42. The van der Waals surface area contributed by atoms with Crippen molar-refractivity contribution in [2.45, 2.75) is 25.7 Å². The number of benzene rings is 1. The van der Waals surface area contributed by atoms with Crippen molar-refractivity contribution in [2.75, 3.05) is 23.3 Å². The molecular weight excluding hydrogens is 347 g/mol. The lowest BCUT2D eigenvalue weighted by Gasteiger charge is -2.19. The Labute approximate surface area is 151 Å². The number of hydrogen-bond donors (Lipinski definition) is 1. The number of rotatable bonds is 3. The molecule has 126 valence electrons. The second-order valence-corrected chi connectivity index (χ2v) is 6.51. The molecule has 1 N–H and O–H groups in total. The molecule has 0 bridgehead atoms. The maximum atomic E-state index is 12.3. The minimum atomic E-state index is -0.318. The summed E-state index contributed by atoms with van der Waals surface area (Å²) in [6.07, 6.45) is 7.88. The number of aromatic nitrogens is 2. The molecule has 7 heteroatoms. The van der Waals surface area contributed by atoms with Crippen LogP contribution in [0.3, 0.4) is 0 Å². The van der Waals surface area contributed by atoms with Gasteiger partial charge < -0.3 is 10.2 Å². The Bertz CT molecular complexity index is 713. The molecule has 0 aliphatic carbocycles. The molecule has 24 heavy (non-hydrogen) atoms.